The van der Waals surface area contributed by atoms with Crippen molar-refractivity contribution in [2.24, 2.45) is 0 Å². The second-order valence-corrected chi connectivity index (χ2v) is 8.45. The number of carbonyl (C=O) groups is 1. The van der Waals surface area contributed by atoms with Crippen LogP contribution in [0.2, 0.25) is 0 Å². The number of nitrogens with zero attached hydrogens (tertiary/aromatic N) is 2. The monoisotopic (exact) mass is 382 g/mol. The van der Waals surface area contributed by atoms with E-state index in [2.05, 4.69) is 26.8 Å². The van der Waals surface area contributed by atoms with Gasteiger partial charge in [-0.15, -0.1) is 0 Å². The number of sulfonamides is 1. The number of hydrogen-bond acceptors (Lipinski definition) is 5. The molecular formula is C18H30N4O3S. The third-order valence-corrected chi connectivity index (χ3v) is 5.96. The summed E-state index contributed by atoms with van der Waals surface area (Å²) < 4.78 is 26.0. The summed E-state index contributed by atoms with van der Waals surface area (Å²) in [5.41, 5.74) is 0.670. The standard InChI is InChI=1S/C18H30N4O3S/c1-3-21-12-14-22(15-13-21)11-7-10-19-18(23)16-8-5-6-9-17(16)20-26(24,25)4-2/h5-6,8-9,20H,3-4,7,10-15H2,1-2H3,(H,19,23). The van der Waals surface area contributed by atoms with Gasteiger partial charge >= 0.3 is 0 Å². The molecule has 7 nitrogen and oxygen atoms in total. The second-order valence-electron chi connectivity index (χ2n) is 6.44. The van der Waals surface area contributed by atoms with Gasteiger partial charge in [-0.1, -0.05) is 19.1 Å². The van der Waals surface area contributed by atoms with Crippen LogP contribution < -0.4 is 10.0 Å². The molecule has 0 unspecified atom stereocenters. The molecule has 0 saturated carbocycles. The fraction of sp³-hybridized carbons (Fsp3) is 0.611. The Hall–Kier alpha value is -1.64. The summed E-state index contributed by atoms with van der Waals surface area (Å²) >= 11 is 0. The van der Waals surface area contributed by atoms with Crippen LogP contribution in [0.15, 0.2) is 24.3 Å². The first-order valence-electron chi connectivity index (χ1n) is 9.27. The van der Waals surface area contributed by atoms with E-state index in [-0.39, 0.29) is 11.7 Å². The predicted octanol–water partition coefficient (Wildman–Crippen LogP) is 1.21. The van der Waals surface area contributed by atoms with Gasteiger partial charge in [0.25, 0.3) is 5.91 Å². The van der Waals surface area contributed by atoms with E-state index in [4.69, 9.17) is 0 Å². The molecule has 0 spiro atoms. The van der Waals surface area contributed by atoms with Gasteiger partial charge < -0.3 is 15.1 Å². The van der Waals surface area contributed by atoms with Crippen molar-refractivity contribution in [3.63, 3.8) is 0 Å². The van der Waals surface area contributed by atoms with Crippen LogP contribution in [0.1, 0.15) is 30.6 Å². The molecule has 1 aromatic carbocycles. The van der Waals surface area contributed by atoms with Crippen molar-refractivity contribution in [2.45, 2.75) is 20.3 Å². The summed E-state index contributed by atoms with van der Waals surface area (Å²) in [5.74, 6) is -0.288. The lowest BCUT2D eigenvalue weighted by Gasteiger charge is -2.33. The largest absolute Gasteiger partial charge is 0.352 e. The van der Waals surface area contributed by atoms with Crippen molar-refractivity contribution in [1.29, 1.82) is 0 Å². The Morgan fingerprint density at radius 3 is 2.38 bits per heavy atom. The maximum absolute atomic E-state index is 12.4. The van der Waals surface area contributed by atoms with Gasteiger partial charge in [-0.25, -0.2) is 8.42 Å². The molecule has 1 heterocycles. The number of anilines is 1. The maximum Gasteiger partial charge on any atom is 0.253 e. The maximum atomic E-state index is 12.4. The van der Waals surface area contributed by atoms with Crippen molar-refractivity contribution >= 4 is 21.6 Å². The van der Waals surface area contributed by atoms with Gasteiger partial charge in [-0.05, 0) is 38.6 Å². The van der Waals surface area contributed by atoms with E-state index in [0.717, 1.165) is 45.7 Å². The van der Waals surface area contributed by atoms with Crippen LogP contribution in [0, 0.1) is 0 Å². The van der Waals surface area contributed by atoms with Gasteiger partial charge in [-0.2, -0.15) is 0 Å². The molecule has 0 aromatic heterocycles. The van der Waals surface area contributed by atoms with Gasteiger partial charge in [-0.3, -0.25) is 9.52 Å². The van der Waals surface area contributed by atoms with E-state index < -0.39 is 10.0 Å². The van der Waals surface area contributed by atoms with Gasteiger partial charge in [0.1, 0.15) is 0 Å². The zero-order chi connectivity index (χ0) is 19.0. The molecule has 1 aliphatic rings. The highest BCUT2D eigenvalue weighted by Gasteiger charge is 2.16. The molecule has 0 atom stereocenters. The Bertz CT molecular complexity index is 685. The third-order valence-electron chi connectivity index (χ3n) is 4.67. The number of para-hydroxylation sites is 1. The second kappa shape index (κ2) is 9.89. The van der Waals surface area contributed by atoms with Gasteiger partial charge in [0.05, 0.1) is 17.0 Å². The number of likely N-dealkylation sites (N-methyl/N-ethyl adjacent to an activating group) is 1. The van der Waals surface area contributed by atoms with Crippen LogP contribution in [0.25, 0.3) is 0 Å². The first-order valence-corrected chi connectivity index (χ1v) is 10.9. The number of benzene rings is 1. The molecule has 1 fully saturated rings. The lowest BCUT2D eigenvalue weighted by Crippen LogP contribution is -2.46. The summed E-state index contributed by atoms with van der Waals surface area (Å²) in [6.07, 6.45) is 0.876. The summed E-state index contributed by atoms with van der Waals surface area (Å²) in [5, 5.41) is 2.89. The Balaban J connectivity index is 1.80. The van der Waals surface area contributed by atoms with Crippen LogP contribution in [-0.4, -0.2) is 75.7 Å². The van der Waals surface area contributed by atoms with E-state index >= 15 is 0 Å². The third kappa shape index (κ3) is 6.26. The first-order chi connectivity index (χ1) is 12.4. The molecule has 1 amide bonds. The minimum atomic E-state index is -3.42. The predicted molar refractivity (Wildman–Crippen MR) is 105 cm³/mol. The van der Waals surface area contributed by atoms with E-state index in [0.29, 0.717) is 17.8 Å². The SMILES string of the molecule is CCN1CCN(CCCNC(=O)c2ccccc2NS(=O)(=O)CC)CC1. The summed E-state index contributed by atoms with van der Waals surface area (Å²) in [4.78, 5) is 17.3. The molecule has 26 heavy (non-hydrogen) atoms. The summed E-state index contributed by atoms with van der Waals surface area (Å²) in [7, 11) is -3.42. The van der Waals surface area contributed by atoms with Crippen molar-refractivity contribution in [3.8, 4) is 0 Å². The Labute approximate surface area is 156 Å². The Morgan fingerprint density at radius 2 is 1.73 bits per heavy atom. The summed E-state index contributed by atoms with van der Waals surface area (Å²) in [6, 6.07) is 6.67. The number of piperazine rings is 1. The van der Waals surface area contributed by atoms with E-state index in [1.54, 1.807) is 31.2 Å². The first kappa shape index (κ1) is 20.7. The molecule has 146 valence electrons. The molecule has 0 aliphatic carbocycles. The fourth-order valence-electron chi connectivity index (χ4n) is 2.94. The number of hydrogen-bond donors (Lipinski definition) is 2. The molecule has 2 N–H and O–H groups in total. The number of nitrogens with one attached hydrogen (secondary N) is 2. The minimum Gasteiger partial charge on any atom is -0.352 e. The highest BCUT2D eigenvalue weighted by Crippen LogP contribution is 2.16. The van der Waals surface area contributed by atoms with Crippen molar-refractivity contribution in [3.05, 3.63) is 29.8 Å². The van der Waals surface area contributed by atoms with E-state index in [1.807, 2.05) is 0 Å². The zero-order valence-corrected chi connectivity index (χ0v) is 16.5. The highest BCUT2D eigenvalue weighted by molar-refractivity contribution is 7.92. The molecule has 2 rings (SSSR count). The molecule has 1 aromatic rings. The van der Waals surface area contributed by atoms with Crippen molar-refractivity contribution in [1.82, 2.24) is 15.1 Å². The van der Waals surface area contributed by atoms with Crippen LogP contribution >= 0.6 is 0 Å². The number of rotatable bonds is 9. The van der Waals surface area contributed by atoms with Crippen LogP contribution in [0.3, 0.4) is 0 Å². The lowest BCUT2D eigenvalue weighted by molar-refractivity contribution is 0.0949. The number of carbonyl (C=O) groups excluding carboxylic acids is 1. The van der Waals surface area contributed by atoms with Crippen molar-refractivity contribution < 1.29 is 13.2 Å². The van der Waals surface area contributed by atoms with E-state index in [1.165, 1.54) is 0 Å². The minimum absolute atomic E-state index is 0.0335. The van der Waals surface area contributed by atoms with Crippen LogP contribution in [0.5, 0.6) is 0 Å². The van der Waals surface area contributed by atoms with Gasteiger partial charge in [0, 0.05) is 32.7 Å². The van der Waals surface area contributed by atoms with Gasteiger partial charge in [0.15, 0.2) is 0 Å². The molecular weight excluding hydrogens is 352 g/mol. The van der Waals surface area contributed by atoms with E-state index in [9.17, 15) is 13.2 Å². The molecule has 0 radical (unpaired) electrons. The molecule has 0 bridgehead atoms. The van der Waals surface area contributed by atoms with Crippen LogP contribution in [-0.2, 0) is 10.0 Å². The average molecular weight is 383 g/mol. The highest BCUT2D eigenvalue weighted by atomic mass is 32.2. The molecule has 1 saturated heterocycles. The average Bonchev–Trinajstić information content (AvgIpc) is 2.65. The normalized spacial score (nSPS) is 16.4. The molecule has 1 aliphatic heterocycles. The van der Waals surface area contributed by atoms with Gasteiger partial charge in [0.2, 0.25) is 10.0 Å². The Morgan fingerprint density at radius 1 is 1.08 bits per heavy atom. The summed E-state index contributed by atoms with van der Waals surface area (Å²) in [6.45, 7) is 10.7. The van der Waals surface area contributed by atoms with Crippen LogP contribution in [0.4, 0.5) is 5.69 Å². The quantitative estimate of drug-likeness (QED) is 0.628. The smallest absolute Gasteiger partial charge is 0.253 e. The molecule has 8 heteroatoms. The lowest BCUT2D eigenvalue weighted by atomic mass is 10.1. The topological polar surface area (TPSA) is 81.8 Å². The number of amides is 1. The Kier molecular flexibility index (Phi) is 7.86. The van der Waals surface area contributed by atoms with Crippen molar-refractivity contribution in [2.75, 3.05) is 56.3 Å². The fourth-order valence-corrected chi connectivity index (χ4v) is 3.60. The zero-order valence-electron chi connectivity index (χ0n) is 15.7.